The van der Waals surface area contributed by atoms with Gasteiger partial charge in [-0.1, -0.05) is 6.42 Å². The molecule has 1 saturated heterocycles. The molecule has 6 nitrogen and oxygen atoms in total. The normalized spacial score (nSPS) is 20.3. The number of piperidine rings is 1. The molecule has 1 fully saturated rings. The van der Waals surface area contributed by atoms with E-state index in [9.17, 15) is 8.42 Å². The second kappa shape index (κ2) is 5.51. The zero-order chi connectivity index (χ0) is 14.0. The van der Waals surface area contributed by atoms with E-state index in [0.717, 1.165) is 25.8 Å². The lowest BCUT2D eigenvalue weighted by molar-refractivity contribution is 0.398. The summed E-state index contributed by atoms with van der Waals surface area (Å²) in [4.78, 5) is 7.25. The van der Waals surface area contributed by atoms with Gasteiger partial charge in [0.25, 0.3) is 0 Å². The van der Waals surface area contributed by atoms with Crippen LogP contribution in [0, 0.1) is 0 Å². The minimum absolute atomic E-state index is 0.224. The molecule has 1 aliphatic heterocycles. The van der Waals surface area contributed by atoms with Crippen molar-refractivity contribution in [2.45, 2.75) is 30.2 Å². The van der Waals surface area contributed by atoms with Crippen molar-refractivity contribution in [2.24, 2.45) is 0 Å². The van der Waals surface area contributed by atoms with Crippen molar-refractivity contribution >= 4 is 21.1 Å². The monoisotopic (exact) mass is 294 g/mol. The number of sulfonamides is 1. The minimum atomic E-state index is -3.50. The molecule has 1 atom stereocenters. The number of nitrogens with zero attached hydrogens (tertiary/aromatic N) is 1. The lowest BCUT2D eigenvalue weighted by atomic mass is 10.1. The first-order valence-corrected chi connectivity index (χ1v) is 8.30. The van der Waals surface area contributed by atoms with E-state index < -0.39 is 10.0 Å². The van der Waals surface area contributed by atoms with E-state index in [4.69, 9.17) is 0 Å². The first kappa shape index (κ1) is 13.5. The fourth-order valence-corrected chi connectivity index (χ4v) is 3.78. The van der Waals surface area contributed by atoms with Gasteiger partial charge < -0.3 is 10.3 Å². The predicted octanol–water partition coefficient (Wildman–Crippen LogP) is 0.983. The van der Waals surface area contributed by atoms with Crippen LogP contribution in [0.5, 0.6) is 0 Å². The highest BCUT2D eigenvalue weighted by molar-refractivity contribution is 7.89. The molecule has 3 rings (SSSR count). The molecule has 0 radical (unpaired) electrons. The quantitative estimate of drug-likeness (QED) is 0.784. The second-order valence-electron chi connectivity index (χ2n) is 5.05. The van der Waals surface area contributed by atoms with E-state index in [1.165, 1.54) is 6.20 Å². The third kappa shape index (κ3) is 2.70. The molecule has 20 heavy (non-hydrogen) atoms. The van der Waals surface area contributed by atoms with Crippen LogP contribution in [0.25, 0.3) is 11.0 Å². The molecule has 7 heteroatoms. The summed E-state index contributed by atoms with van der Waals surface area (Å²) in [5, 5.41) is 3.95. The molecule has 2 aromatic heterocycles. The van der Waals surface area contributed by atoms with Gasteiger partial charge in [-0.05, 0) is 31.5 Å². The zero-order valence-corrected chi connectivity index (χ0v) is 11.9. The summed E-state index contributed by atoms with van der Waals surface area (Å²) < 4.78 is 27.4. The summed E-state index contributed by atoms with van der Waals surface area (Å²) in [6.45, 7) is 1.39. The van der Waals surface area contributed by atoms with Gasteiger partial charge in [0.05, 0.1) is 0 Å². The standard InChI is InChI=1S/C13H18N4O2S/c18-20(19,17-8-10-4-1-2-6-14-10)12-9-16-13-11(12)5-3-7-15-13/h3,5,7,9-10,14,17H,1-2,4,6,8H2,(H,15,16). The third-order valence-electron chi connectivity index (χ3n) is 3.63. The number of pyridine rings is 1. The highest BCUT2D eigenvalue weighted by Gasteiger charge is 2.21. The molecular formula is C13H18N4O2S. The van der Waals surface area contributed by atoms with Crippen molar-refractivity contribution < 1.29 is 8.42 Å². The van der Waals surface area contributed by atoms with Crippen LogP contribution in [-0.4, -0.2) is 37.5 Å². The first-order chi connectivity index (χ1) is 9.67. The molecule has 0 bridgehead atoms. The third-order valence-corrected chi connectivity index (χ3v) is 5.10. The number of fused-ring (bicyclic) bond motifs is 1. The Morgan fingerprint density at radius 1 is 1.40 bits per heavy atom. The molecule has 0 amide bonds. The van der Waals surface area contributed by atoms with Gasteiger partial charge in [0.1, 0.15) is 10.5 Å². The number of aromatic nitrogens is 2. The highest BCUT2D eigenvalue weighted by atomic mass is 32.2. The lowest BCUT2D eigenvalue weighted by Gasteiger charge is -2.23. The largest absolute Gasteiger partial charge is 0.345 e. The molecule has 1 aliphatic rings. The summed E-state index contributed by atoms with van der Waals surface area (Å²) in [6.07, 6.45) is 6.45. The molecule has 2 aromatic rings. The maximum absolute atomic E-state index is 12.4. The Hall–Kier alpha value is -1.44. The number of hydrogen-bond acceptors (Lipinski definition) is 4. The SMILES string of the molecule is O=S(=O)(NCC1CCCCN1)c1c[nH]c2ncccc12. The second-order valence-corrected chi connectivity index (χ2v) is 6.79. The van der Waals surface area contributed by atoms with Crippen LogP contribution in [0.3, 0.4) is 0 Å². The van der Waals surface area contributed by atoms with Crippen LogP contribution < -0.4 is 10.0 Å². The van der Waals surface area contributed by atoms with E-state index >= 15 is 0 Å². The van der Waals surface area contributed by atoms with E-state index in [1.54, 1.807) is 18.3 Å². The maximum Gasteiger partial charge on any atom is 0.242 e. The van der Waals surface area contributed by atoms with Gasteiger partial charge in [0.15, 0.2) is 0 Å². The maximum atomic E-state index is 12.4. The average molecular weight is 294 g/mol. The molecule has 108 valence electrons. The Morgan fingerprint density at radius 2 is 2.30 bits per heavy atom. The number of aromatic amines is 1. The van der Waals surface area contributed by atoms with Crippen molar-refractivity contribution in [3.63, 3.8) is 0 Å². The molecule has 1 unspecified atom stereocenters. The highest BCUT2D eigenvalue weighted by Crippen LogP contribution is 2.20. The molecule has 3 N–H and O–H groups in total. The number of nitrogens with one attached hydrogen (secondary N) is 3. The van der Waals surface area contributed by atoms with Crippen molar-refractivity contribution in [3.05, 3.63) is 24.5 Å². The zero-order valence-electron chi connectivity index (χ0n) is 11.1. The number of hydrogen-bond donors (Lipinski definition) is 3. The van der Waals surface area contributed by atoms with Gasteiger partial charge in [0.2, 0.25) is 10.0 Å². The minimum Gasteiger partial charge on any atom is -0.345 e. The number of H-pyrrole nitrogens is 1. The van der Waals surface area contributed by atoms with E-state index in [2.05, 4.69) is 20.0 Å². The molecule has 0 spiro atoms. The van der Waals surface area contributed by atoms with Gasteiger partial charge in [-0.3, -0.25) is 0 Å². The van der Waals surface area contributed by atoms with Crippen molar-refractivity contribution in [1.29, 1.82) is 0 Å². The van der Waals surface area contributed by atoms with E-state index in [-0.39, 0.29) is 10.9 Å². The molecule has 0 saturated carbocycles. The fourth-order valence-electron chi connectivity index (χ4n) is 2.54. The van der Waals surface area contributed by atoms with Crippen LogP contribution in [0.4, 0.5) is 0 Å². The van der Waals surface area contributed by atoms with Crippen molar-refractivity contribution in [1.82, 2.24) is 20.0 Å². The molecule has 3 heterocycles. The van der Waals surface area contributed by atoms with Crippen molar-refractivity contribution in [3.8, 4) is 0 Å². The van der Waals surface area contributed by atoms with Gasteiger partial charge in [-0.15, -0.1) is 0 Å². The fraction of sp³-hybridized carbons (Fsp3) is 0.462. The molecule has 0 aliphatic carbocycles. The van der Waals surface area contributed by atoms with Gasteiger partial charge in [-0.2, -0.15) is 0 Å². The summed E-state index contributed by atoms with van der Waals surface area (Å²) >= 11 is 0. The topological polar surface area (TPSA) is 86.9 Å². The Bertz CT molecular complexity index is 689. The van der Waals surface area contributed by atoms with Gasteiger partial charge in [-0.25, -0.2) is 18.1 Å². The summed E-state index contributed by atoms with van der Waals surface area (Å²) in [5.41, 5.74) is 0.587. The number of rotatable bonds is 4. The van der Waals surface area contributed by atoms with Crippen LogP contribution >= 0.6 is 0 Å². The Morgan fingerprint density at radius 3 is 3.10 bits per heavy atom. The lowest BCUT2D eigenvalue weighted by Crippen LogP contribution is -2.43. The summed E-state index contributed by atoms with van der Waals surface area (Å²) in [5.74, 6) is 0. The average Bonchev–Trinajstić information content (AvgIpc) is 2.91. The summed E-state index contributed by atoms with van der Waals surface area (Å²) in [6, 6.07) is 3.71. The Labute approximate surface area is 118 Å². The van der Waals surface area contributed by atoms with Crippen LogP contribution in [0.1, 0.15) is 19.3 Å². The first-order valence-electron chi connectivity index (χ1n) is 6.82. The van der Waals surface area contributed by atoms with Gasteiger partial charge >= 0.3 is 0 Å². The molecule has 0 aromatic carbocycles. The Kier molecular flexibility index (Phi) is 3.73. The Balaban J connectivity index is 1.77. The van der Waals surface area contributed by atoms with Crippen LogP contribution in [-0.2, 0) is 10.0 Å². The van der Waals surface area contributed by atoms with Crippen molar-refractivity contribution in [2.75, 3.05) is 13.1 Å². The van der Waals surface area contributed by atoms with E-state index in [0.29, 0.717) is 17.6 Å². The van der Waals surface area contributed by atoms with Crippen LogP contribution in [0.15, 0.2) is 29.4 Å². The predicted molar refractivity (Wildman–Crippen MR) is 76.9 cm³/mol. The van der Waals surface area contributed by atoms with Gasteiger partial charge in [0, 0.05) is 30.4 Å². The smallest absolute Gasteiger partial charge is 0.242 e. The summed E-state index contributed by atoms with van der Waals surface area (Å²) in [7, 11) is -3.50. The molecular weight excluding hydrogens is 276 g/mol. The van der Waals surface area contributed by atoms with E-state index in [1.807, 2.05) is 0 Å². The van der Waals surface area contributed by atoms with Crippen LogP contribution in [0.2, 0.25) is 0 Å².